The van der Waals surface area contributed by atoms with Gasteiger partial charge in [0.25, 0.3) is 5.69 Å². The zero-order chi connectivity index (χ0) is 14.7. The minimum atomic E-state index is -0.380. The Morgan fingerprint density at radius 3 is 2.80 bits per heavy atom. The van der Waals surface area contributed by atoms with Crippen molar-refractivity contribution in [1.82, 2.24) is 20.3 Å². The first-order valence-electron chi connectivity index (χ1n) is 6.41. The van der Waals surface area contributed by atoms with E-state index in [2.05, 4.69) is 15.6 Å². The Hall–Kier alpha value is -2.28. The molecule has 1 aromatic heterocycles. The minimum Gasteiger partial charge on any atom is -0.311 e. The molecule has 0 aliphatic carbocycles. The smallest absolute Gasteiger partial charge is 0.274 e. The Labute approximate surface area is 116 Å². The van der Waals surface area contributed by atoms with Crippen molar-refractivity contribution in [2.24, 2.45) is 0 Å². The van der Waals surface area contributed by atoms with E-state index in [-0.39, 0.29) is 10.6 Å². The van der Waals surface area contributed by atoms with Crippen LogP contribution < -0.4 is 5.32 Å². The van der Waals surface area contributed by atoms with E-state index < -0.39 is 0 Å². The number of nitro groups is 1. The largest absolute Gasteiger partial charge is 0.311 e. The molecule has 0 amide bonds. The lowest BCUT2D eigenvalue weighted by molar-refractivity contribution is -0.385. The summed E-state index contributed by atoms with van der Waals surface area (Å²) >= 11 is 0. The topological polar surface area (TPSA) is 85.9 Å². The highest BCUT2D eigenvalue weighted by atomic mass is 16.6. The van der Waals surface area contributed by atoms with Gasteiger partial charge in [-0.05, 0) is 26.0 Å². The van der Waals surface area contributed by atoms with Crippen LogP contribution in [0.3, 0.4) is 0 Å². The molecule has 0 fully saturated rings. The standard InChI is InChI=1S/C13H17N5O2/c1-4-14-7-11-8-17(16-15-11)13-9(2)5-6-12(10(13)3)18(19)20/h5-6,8,14H,4,7H2,1-3H3. The van der Waals surface area contributed by atoms with E-state index in [9.17, 15) is 10.1 Å². The second kappa shape index (κ2) is 5.79. The van der Waals surface area contributed by atoms with Gasteiger partial charge in [0, 0.05) is 12.6 Å². The van der Waals surface area contributed by atoms with Crippen molar-refractivity contribution in [2.45, 2.75) is 27.3 Å². The molecule has 20 heavy (non-hydrogen) atoms. The van der Waals surface area contributed by atoms with Crippen LogP contribution in [-0.4, -0.2) is 26.5 Å². The fraction of sp³-hybridized carbons (Fsp3) is 0.385. The number of hydrogen-bond acceptors (Lipinski definition) is 5. The van der Waals surface area contributed by atoms with E-state index >= 15 is 0 Å². The molecule has 0 saturated carbocycles. The monoisotopic (exact) mass is 275 g/mol. The molecule has 0 saturated heterocycles. The maximum Gasteiger partial charge on any atom is 0.274 e. The van der Waals surface area contributed by atoms with Gasteiger partial charge in [-0.25, -0.2) is 4.68 Å². The second-order valence-corrected chi connectivity index (χ2v) is 4.57. The number of aromatic nitrogens is 3. The molecule has 0 unspecified atom stereocenters. The van der Waals surface area contributed by atoms with Gasteiger partial charge in [-0.2, -0.15) is 0 Å². The normalized spacial score (nSPS) is 10.8. The molecule has 0 spiro atoms. The molecule has 0 bridgehead atoms. The molecule has 1 N–H and O–H groups in total. The van der Waals surface area contributed by atoms with Crippen molar-refractivity contribution < 1.29 is 4.92 Å². The molecular formula is C13H17N5O2. The van der Waals surface area contributed by atoms with Gasteiger partial charge in [-0.15, -0.1) is 5.10 Å². The minimum absolute atomic E-state index is 0.0920. The molecule has 1 aromatic carbocycles. The van der Waals surface area contributed by atoms with Crippen LogP contribution in [0.2, 0.25) is 0 Å². The molecule has 0 aliphatic heterocycles. The van der Waals surface area contributed by atoms with Gasteiger partial charge in [0.1, 0.15) is 0 Å². The molecule has 7 nitrogen and oxygen atoms in total. The summed E-state index contributed by atoms with van der Waals surface area (Å²) in [4.78, 5) is 10.6. The zero-order valence-corrected chi connectivity index (χ0v) is 11.8. The van der Waals surface area contributed by atoms with Crippen LogP contribution in [0, 0.1) is 24.0 Å². The van der Waals surface area contributed by atoms with Crippen LogP contribution in [0.5, 0.6) is 0 Å². The molecule has 106 valence electrons. The molecule has 2 aromatic rings. The lowest BCUT2D eigenvalue weighted by Crippen LogP contribution is -2.11. The van der Waals surface area contributed by atoms with Crippen molar-refractivity contribution in [1.29, 1.82) is 0 Å². The summed E-state index contributed by atoms with van der Waals surface area (Å²) in [6.45, 7) is 7.12. The maximum atomic E-state index is 11.0. The summed E-state index contributed by atoms with van der Waals surface area (Å²) in [7, 11) is 0. The van der Waals surface area contributed by atoms with Crippen LogP contribution in [-0.2, 0) is 6.54 Å². The number of hydrogen-bond donors (Lipinski definition) is 1. The maximum absolute atomic E-state index is 11.0. The Kier molecular flexibility index (Phi) is 4.09. The quantitative estimate of drug-likeness (QED) is 0.665. The fourth-order valence-electron chi connectivity index (χ4n) is 2.12. The highest BCUT2D eigenvalue weighted by Gasteiger charge is 2.18. The van der Waals surface area contributed by atoms with Gasteiger partial charge in [0.15, 0.2) is 0 Å². The van der Waals surface area contributed by atoms with E-state index in [0.29, 0.717) is 12.1 Å². The summed E-state index contributed by atoms with van der Waals surface area (Å²) in [5.41, 5.74) is 3.13. The van der Waals surface area contributed by atoms with Crippen LogP contribution in [0.1, 0.15) is 23.7 Å². The van der Waals surface area contributed by atoms with Crippen LogP contribution in [0.15, 0.2) is 18.3 Å². The Morgan fingerprint density at radius 1 is 1.40 bits per heavy atom. The molecule has 7 heteroatoms. The Morgan fingerprint density at radius 2 is 2.15 bits per heavy atom. The van der Waals surface area contributed by atoms with E-state index in [1.807, 2.05) is 13.8 Å². The van der Waals surface area contributed by atoms with E-state index in [0.717, 1.165) is 23.5 Å². The third-order valence-electron chi connectivity index (χ3n) is 3.13. The lowest BCUT2D eigenvalue weighted by Gasteiger charge is -2.09. The van der Waals surface area contributed by atoms with Crippen LogP contribution in [0.25, 0.3) is 5.69 Å². The number of rotatable bonds is 5. The van der Waals surface area contributed by atoms with Gasteiger partial charge < -0.3 is 5.32 Å². The summed E-state index contributed by atoms with van der Waals surface area (Å²) in [5.74, 6) is 0. The first kappa shape index (κ1) is 14.1. The molecule has 0 atom stereocenters. The second-order valence-electron chi connectivity index (χ2n) is 4.57. The summed E-state index contributed by atoms with van der Waals surface area (Å²) < 4.78 is 1.60. The lowest BCUT2D eigenvalue weighted by atomic mass is 10.1. The highest BCUT2D eigenvalue weighted by molar-refractivity contribution is 5.56. The number of nitro benzene ring substituents is 1. The van der Waals surface area contributed by atoms with E-state index in [4.69, 9.17) is 0 Å². The molecule has 0 radical (unpaired) electrons. The molecular weight excluding hydrogens is 258 g/mol. The average molecular weight is 275 g/mol. The number of nitrogens with zero attached hydrogens (tertiary/aromatic N) is 4. The van der Waals surface area contributed by atoms with Gasteiger partial charge in [-0.1, -0.05) is 18.2 Å². The van der Waals surface area contributed by atoms with E-state index in [1.165, 1.54) is 6.07 Å². The van der Waals surface area contributed by atoms with Crippen molar-refractivity contribution >= 4 is 5.69 Å². The van der Waals surface area contributed by atoms with Gasteiger partial charge in [0.05, 0.1) is 28.1 Å². The van der Waals surface area contributed by atoms with Gasteiger partial charge in [0.2, 0.25) is 0 Å². The Balaban J connectivity index is 2.44. The van der Waals surface area contributed by atoms with Gasteiger partial charge in [-0.3, -0.25) is 10.1 Å². The first-order chi connectivity index (χ1) is 9.54. The molecule has 0 aliphatic rings. The number of benzene rings is 1. The Bertz CT molecular complexity index is 636. The average Bonchev–Trinajstić information content (AvgIpc) is 2.84. The predicted octanol–water partition coefficient (Wildman–Crippen LogP) is 1.90. The predicted molar refractivity (Wildman–Crippen MR) is 74.9 cm³/mol. The molecule has 1 heterocycles. The van der Waals surface area contributed by atoms with Crippen LogP contribution >= 0.6 is 0 Å². The number of aryl methyl sites for hydroxylation is 1. The van der Waals surface area contributed by atoms with Crippen molar-refractivity contribution in [3.05, 3.63) is 45.3 Å². The fourth-order valence-corrected chi connectivity index (χ4v) is 2.12. The molecule has 2 rings (SSSR count). The third kappa shape index (κ3) is 2.67. The summed E-state index contributed by atoms with van der Waals surface area (Å²) in [6.07, 6.45) is 1.79. The summed E-state index contributed by atoms with van der Waals surface area (Å²) in [5, 5.41) is 22.3. The highest BCUT2D eigenvalue weighted by Crippen LogP contribution is 2.26. The first-order valence-corrected chi connectivity index (χ1v) is 6.41. The summed E-state index contributed by atoms with van der Waals surface area (Å²) in [6, 6.07) is 3.25. The number of nitrogens with one attached hydrogen (secondary N) is 1. The zero-order valence-electron chi connectivity index (χ0n) is 11.8. The van der Waals surface area contributed by atoms with Crippen molar-refractivity contribution in [3.8, 4) is 5.69 Å². The van der Waals surface area contributed by atoms with Crippen LogP contribution in [0.4, 0.5) is 5.69 Å². The van der Waals surface area contributed by atoms with E-state index in [1.54, 1.807) is 23.9 Å². The van der Waals surface area contributed by atoms with Crippen molar-refractivity contribution in [3.63, 3.8) is 0 Å². The van der Waals surface area contributed by atoms with Crippen molar-refractivity contribution in [2.75, 3.05) is 6.54 Å². The van der Waals surface area contributed by atoms with Gasteiger partial charge >= 0.3 is 0 Å². The third-order valence-corrected chi connectivity index (χ3v) is 3.13. The SMILES string of the molecule is CCNCc1cn(-c2c(C)ccc([N+](=O)[O-])c2C)nn1.